The molecule has 1 aromatic heterocycles. The van der Waals surface area contributed by atoms with Crippen LogP contribution >= 0.6 is 27.5 Å². The van der Waals surface area contributed by atoms with Crippen LogP contribution in [0.25, 0.3) is 0 Å². The third-order valence-corrected chi connectivity index (χ3v) is 2.39. The quantitative estimate of drug-likeness (QED) is 0.615. The van der Waals surface area contributed by atoms with Gasteiger partial charge in [-0.2, -0.15) is 5.26 Å². The Morgan fingerprint density at radius 3 is 2.71 bits per heavy atom. The van der Waals surface area contributed by atoms with Crippen LogP contribution in [0.5, 0.6) is 0 Å². The molecule has 0 saturated carbocycles. The Bertz CT molecular complexity index is 390. The number of pyridine rings is 1. The van der Waals surface area contributed by atoms with Crippen LogP contribution in [0.15, 0.2) is 6.07 Å². The molecular weight excluding hydrogens is 277 g/mol. The Morgan fingerprint density at radius 1 is 1.64 bits per heavy atom. The third-order valence-electron chi connectivity index (χ3n) is 1.54. The summed E-state index contributed by atoms with van der Waals surface area (Å²) >= 11 is 8.64. The molecule has 0 aliphatic rings. The first-order chi connectivity index (χ1) is 6.60. The standard InChI is InChI=1S/C8H4BrClF2N2/c9-2-4-1-5(8(11)12)6(3-13)7(10)14-4/h1,8H,2H2. The van der Waals surface area contributed by atoms with E-state index in [1.54, 1.807) is 6.07 Å². The summed E-state index contributed by atoms with van der Waals surface area (Å²) in [4.78, 5) is 3.77. The maximum absolute atomic E-state index is 12.5. The molecule has 0 N–H and O–H groups in total. The highest BCUT2D eigenvalue weighted by Crippen LogP contribution is 2.27. The van der Waals surface area contributed by atoms with Gasteiger partial charge in [0.1, 0.15) is 11.2 Å². The summed E-state index contributed by atoms with van der Waals surface area (Å²) in [6.45, 7) is 0. The van der Waals surface area contributed by atoms with Gasteiger partial charge in [0.15, 0.2) is 0 Å². The Labute approximate surface area is 92.6 Å². The van der Waals surface area contributed by atoms with Crippen LogP contribution in [0.3, 0.4) is 0 Å². The number of nitrogens with zero attached hydrogens (tertiary/aromatic N) is 2. The molecule has 0 saturated heterocycles. The van der Waals surface area contributed by atoms with Crippen LogP contribution < -0.4 is 0 Å². The minimum absolute atomic E-state index is 0.181. The first-order valence-electron chi connectivity index (χ1n) is 3.53. The van der Waals surface area contributed by atoms with E-state index in [2.05, 4.69) is 20.9 Å². The molecule has 0 aromatic carbocycles. The fourth-order valence-corrected chi connectivity index (χ4v) is 1.48. The molecule has 0 spiro atoms. The SMILES string of the molecule is N#Cc1c(C(F)F)cc(CBr)nc1Cl. The topological polar surface area (TPSA) is 36.7 Å². The van der Waals surface area contributed by atoms with Crippen LogP contribution in [0.1, 0.15) is 23.2 Å². The molecule has 2 nitrogen and oxygen atoms in total. The lowest BCUT2D eigenvalue weighted by molar-refractivity contribution is 0.151. The molecular formula is C8H4BrClF2N2. The molecule has 0 radical (unpaired) electrons. The lowest BCUT2D eigenvalue weighted by atomic mass is 10.1. The van der Waals surface area contributed by atoms with Gasteiger partial charge in [0.2, 0.25) is 0 Å². The molecule has 0 unspecified atom stereocenters. The maximum atomic E-state index is 12.5. The van der Waals surface area contributed by atoms with E-state index < -0.39 is 6.43 Å². The minimum Gasteiger partial charge on any atom is -0.239 e. The summed E-state index contributed by atoms with van der Waals surface area (Å²) in [5, 5.41) is 8.73. The van der Waals surface area contributed by atoms with Gasteiger partial charge in [0, 0.05) is 10.9 Å². The third kappa shape index (κ3) is 2.20. The fraction of sp³-hybridized carbons (Fsp3) is 0.250. The average Bonchev–Trinajstić information content (AvgIpc) is 2.16. The lowest BCUT2D eigenvalue weighted by Gasteiger charge is -2.05. The van der Waals surface area contributed by atoms with Crippen molar-refractivity contribution in [3.05, 3.63) is 28.0 Å². The molecule has 0 aliphatic heterocycles. The molecule has 14 heavy (non-hydrogen) atoms. The molecule has 1 heterocycles. The number of alkyl halides is 3. The number of hydrogen-bond acceptors (Lipinski definition) is 2. The zero-order valence-electron chi connectivity index (χ0n) is 6.77. The van der Waals surface area contributed by atoms with E-state index >= 15 is 0 Å². The molecule has 0 atom stereocenters. The van der Waals surface area contributed by atoms with Crippen molar-refractivity contribution in [1.82, 2.24) is 4.98 Å². The van der Waals surface area contributed by atoms with E-state index in [9.17, 15) is 8.78 Å². The van der Waals surface area contributed by atoms with E-state index in [0.717, 1.165) is 0 Å². The van der Waals surface area contributed by atoms with Crippen LogP contribution in [0.4, 0.5) is 8.78 Å². The van der Waals surface area contributed by atoms with Crippen molar-refractivity contribution >= 4 is 27.5 Å². The van der Waals surface area contributed by atoms with Crippen LogP contribution in [-0.2, 0) is 5.33 Å². The first-order valence-corrected chi connectivity index (χ1v) is 5.03. The highest BCUT2D eigenvalue weighted by molar-refractivity contribution is 9.08. The molecule has 1 aromatic rings. The largest absolute Gasteiger partial charge is 0.265 e. The normalized spacial score (nSPS) is 10.3. The predicted octanol–water partition coefficient (Wildman–Crippen LogP) is 3.44. The molecule has 0 bridgehead atoms. The molecule has 6 heteroatoms. The number of aromatic nitrogens is 1. The van der Waals surface area contributed by atoms with E-state index in [1.807, 2.05) is 0 Å². The minimum atomic E-state index is -2.72. The summed E-state index contributed by atoms with van der Waals surface area (Å²) in [5.41, 5.74) is -0.252. The van der Waals surface area contributed by atoms with Crippen molar-refractivity contribution in [1.29, 1.82) is 5.26 Å². The zero-order chi connectivity index (χ0) is 10.7. The van der Waals surface area contributed by atoms with Crippen LogP contribution in [-0.4, -0.2) is 4.98 Å². The predicted molar refractivity (Wildman–Crippen MR) is 51.6 cm³/mol. The summed E-state index contributed by atoms with van der Waals surface area (Å²) in [5.74, 6) is 0. The van der Waals surface area contributed by atoms with E-state index in [0.29, 0.717) is 11.0 Å². The smallest absolute Gasteiger partial charge is 0.239 e. The van der Waals surface area contributed by atoms with Crippen LogP contribution in [0.2, 0.25) is 5.15 Å². The summed E-state index contributed by atoms with van der Waals surface area (Å²) in [7, 11) is 0. The van der Waals surface area contributed by atoms with E-state index in [-0.39, 0.29) is 16.3 Å². The van der Waals surface area contributed by atoms with Crippen molar-refractivity contribution in [2.24, 2.45) is 0 Å². The number of hydrogen-bond donors (Lipinski definition) is 0. The van der Waals surface area contributed by atoms with Gasteiger partial charge < -0.3 is 0 Å². The van der Waals surface area contributed by atoms with Crippen molar-refractivity contribution in [3.8, 4) is 6.07 Å². The van der Waals surface area contributed by atoms with Crippen molar-refractivity contribution < 1.29 is 8.78 Å². The Morgan fingerprint density at radius 2 is 2.29 bits per heavy atom. The summed E-state index contributed by atoms with van der Waals surface area (Å²) < 4.78 is 24.9. The second-order valence-electron chi connectivity index (χ2n) is 2.41. The summed E-state index contributed by atoms with van der Waals surface area (Å²) in [6.07, 6.45) is -2.72. The zero-order valence-corrected chi connectivity index (χ0v) is 9.11. The number of rotatable bonds is 2. The van der Waals surface area contributed by atoms with Crippen molar-refractivity contribution in [2.45, 2.75) is 11.8 Å². The fourth-order valence-electron chi connectivity index (χ4n) is 0.936. The molecule has 1 rings (SSSR count). The second kappa shape index (κ2) is 4.67. The Balaban J connectivity index is 3.37. The Kier molecular flexibility index (Phi) is 3.78. The van der Waals surface area contributed by atoms with Gasteiger partial charge in [0.05, 0.1) is 11.3 Å². The van der Waals surface area contributed by atoms with Crippen molar-refractivity contribution in [3.63, 3.8) is 0 Å². The first kappa shape index (κ1) is 11.3. The number of halogens is 4. The highest BCUT2D eigenvalue weighted by atomic mass is 79.9. The second-order valence-corrected chi connectivity index (χ2v) is 3.33. The summed E-state index contributed by atoms with van der Waals surface area (Å²) in [6, 6.07) is 2.78. The van der Waals surface area contributed by atoms with Gasteiger partial charge in [-0.15, -0.1) is 0 Å². The van der Waals surface area contributed by atoms with Crippen molar-refractivity contribution in [2.75, 3.05) is 0 Å². The van der Waals surface area contributed by atoms with E-state index in [1.165, 1.54) is 6.07 Å². The highest BCUT2D eigenvalue weighted by Gasteiger charge is 2.17. The monoisotopic (exact) mass is 280 g/mol. The molecule has 0 aliphatic carbocycles. The van der Waals surface area contributed by atoms with Gasteiger partial charge in [-0.1, -0.05) is 27.5 Å². The lowest BCUT2D eigenvalue weighted by Crippen LogP contribution is -1.97. The van der Waals surface area contributed by atoms with Gasteiger partial charge in [0.25, 0.3) is 6.43 Å². The average molecular weight is 281 g/mol. The Hall–Kier alpha value is -0.730. The van der Waals surface area contributed by atoms with E-state index in [4.69, 9.17) is 16.9 Å². The van der Waals surface area contributed by atoms with Gasteiger partial charge in [-0.25, -0.2) is 13.8 Å². The number of nitriles is 1. The maximum Gasteiger partial charge on any atom is 0.265 e. The van der Waals surface area contributed by atoms with Gasteiger partial charge in [-0.3, -0.25) is 0 Å². The molecule has 74 valence electrons. The van der Waals surface area contributed by atoms with Gasteiger partial charge in [-0.05, 0) is 6.07 Å². The van der Waals surface area contributed by atoms with Gasteiger partial charge >= 0.3 is 0 Å². The molecule has 0 amide bonds. The molecule has 0 fully saturated rings. The van der Waals surface area contributed by atoms with Crippen LogP contribution in [0, 0.1) is 11.3 Å².